The van der Waals surface area contributed by atoms with Gasteiger partial charge in [0.25, 0.3) is 0 Å². The van der Waals surface area contributed by atoms with Crippen molar-refractivity contribution in [2.75, 3.05) is 31.1 Å². The molecule has 0 unspecified atom stereocenters. The molecule has 1 aliphatic rings. The van der Waals surface area contributed by atoms with Gasteiger partial charge >= 0.3 is 0 Å². The van der Waals surface area contributed by atoms with Crippen LogP contribution in [0.1, 0.15) is 12.6 Å². The van der Waals surface area contributed by atoms with Crippen LogP contribution in [0.5, 0.6) is 5.75 Å². The van der Waals surface area contributed by atoms with Crippen molar-refractivity contribution >= 4 is 5.82 Å². The smallest absolute Gasteiger partial charge is 0.155 e. The molecular weight excluding hydrogens is 280 g/mol. The summed E-state index contributed by atoms with van der Waals surface area (Å²) < 4.78 is 5.60. The molecule has 1 atom stereocenters. The zero-order chi connectivity index (χ0) is 15.2. The minimum atomic E-state index is 0.427. The molecule has 3 rings (SSSR count). The predicted octanol–water partition coefficient (Wildman–Crippen LogP) is 0.686. The third-order valence-corrected chi connectivity index (χ3v) is 3.63. The van der Waals surface area contributed by atoms with E-state index in [9.17, 15) is 0 Å². The van der Waals surface area contributed by atoms with Gasteiger partial charge in [-0.3, -0.25) is 4.98 Å². The van der Waals surface area contributed by atoms with Crippen molar-refractivity contribution in [1.82, 2.24) is 25.3 Å². The number of nitrogens with one attached hydrogen (secondary N) is 1. The molecule has 0 saturated carbocycles. The van der Waals surface area contributed by atoms with Crippen molar-refractivity contribution in [2.45, 2.75) is 19.4 Å². The maximum absolute atomic E-state index is 5.60. The third-order valence-electron chi connectivity index (χ3n) is 3.63. The SMILES string of the molecule is C[C@@H]1CNCCN1c1cncc(CCOc2cncnc2)n1. The molecule has 0 radical (unpaired) electrons. The van der Waals surface area contributed by atoms with Gasteiger partial charge in [0.15, 0.2) is 5.75 Å². The van der Waals surface area contributed by atoms with Gasteiger partial charge in [-0.1, -0.05) is 0 Å². The van der Waals surface area contributed by atoms with E-state index in [1.54, 1.807) is 18.6 Å². The van der Waals surface area contributed by atoms with Gasteiger partial charge < -0.3 is 15.0 Å². The van der Waals surface area contributed by atoms with Crippen molar-refractivity contribution in [3.05, 3.63) is 36.8 Å². The molecule has 1 fully saturated rings. The van der Waals surface area contributed by atoms with Gasteiger partial charge in [0.1, 0.15) is 12.1 Å². The fourth-order valence-electron chi connectivity index (χ4n) is 2.47. The number of anilines is 1. The maximum atomic E-state index is 5.60. The van der Waals surface area contributed by atoms with Gasteiger partial charge in [-0.05, 0) is 6.92 Å². The number of hydrogen-bond donors (Lipinski definition) is 1. The van der Waals surface area contributed by atoms with Crippen molar-refractivity contribution in [3.8, 4) is 5.75 Å². The Morgan fingerprint density at radius 3 is 2.91 bits per heavy atom. The second kappa shape index (κ2) is 7.13. The number of aromatic nitrogens is 4. The largest absolute Gasteiger partial charge is 0.490 e. The minimum absolute atomic E-state index is 0.427. The average molecular weight is 300 g/mol. The Morgan fingerprint density at radius 1 is 1.23 bits per heavy atom. The molecule has 1 aliphatic heterocycles. The van der Waals surface area contributed by atoms with Gasteiger partial charge in [-0.25, -0.2) is 15.0 Å². The van der Waals surface area contributed by atoms with Crippen LogP contribution in [0.25, 0.3) is 0 Å². The number of nitrogens with zero attached hydrogens (tertiary/aromatic N) is 5. The second-order valence-corrected chi connectivity index (χ2v) is 5.29. The summed E-state index contributed by atoms with van der Waals surface area (Å²) in [6.45, 7) is 5.63. The normalized spacial score (nSPS) is 18.2. The van der Waals surface area contributed by atoms with Gasteiger partial charge in [0, 0.05) is 38.3 Å². The van der Waals surface area contributed by atoms with Crippen LogP contribution in [0.3, 0.4) is 0 Å². The van der Waals surface area contributed by atoms with E-state index in [4.69, 9.17) is 9.72 Å². The molecule has 116 valence electrons. The third kappa shape index (κ3) is 3.67. The molecule has 22 heavy (non-hydrogen) atoms. The average Bonchev–Trinajstić information content (AvgIpc) is 2.57. The van der Waals surface area contributed by atoms with Crippen LogP contribution < -0.4 is 15.0 Å². The van der Waals surface area contributed by atoms with Crippen LogP contribution in [0.15, 0.2) is 31.1 Å². The lowest BCUT2D eigenvalue weighted by molar-refractivity contribution is 0.317. The lowest BCUT2D eigenvalue weighted by atomic mass is 10.2. The van der Waals surface area contributed by atoms with Gasteiger partial charge in [-0.15, -0.1) is 0 Å². The number of hydrogen-bond acceptors (Lipinski definition) is 7. The topological polar surface area (TPSA) is 76.1 Å². The molecule has 0 spiro atoms. The fourth-order valence-corrected chi connectivity index (χ4v) is 2.47. The van der Waals surface area contributed by atoms with E-state index in [0.29, 0.717) is 24.8 Å². The first-order valence-electron chi connectivity index (χ1n) is 7.49. The first-order chi connectivity index (χ1) is 10.8. The highest BCUT2D eigenvalue weighted by atomic mass is 16.5. The molecule has 0 amide bonds. The highest BCUT2D eigenvalue weighted by Gasteiger charge is 2.19. The molecule has 1 saturated heterocycles. The summed E-state index contributed by atoms with van der Waals surface area (Å²) in [5.41, 5.74) is 0.931. The monoisotopic (exact) mass is 300 g/mol. The standard InChI is InChI=1S/C15H20N6O/c1-12-6-16-3-4-21(12)15-10-17-7-13(20-15)2-5-22-14-8-18-11-19-9-14/h7-12,16H,2-6H2,1H3/t12-/m1/s1. The Morgan fingerprint density at radius 2 is 2.09 bits per heavy atom. The quantitative estimate of drug-likeness (QED) is 0.870. The van der Waals surface area contributed by atoms with E-state index < -0.39 is 0 Å². The molecule has 0 bridgehead atoms. The molecule has 3 heterocycles. The molecule has 2 aromatic rings. The summed E-state index contributed by atoms with van der Waals surface area (Å²) in [5, 5.41) is 3.38. The summed E-state index contributed by atoms with van der Waals surface area (Å²) in [6.07, 6.45) is 9.11. The summed E-state index contributed by atoms with van der Waals surface area (Å²) in [6, 6.07) is 0.427. The van der Waals surface area contributed by atoms with Gasteiger partial charge in [0.05, 0.1) is 30.9 Å². The summed E-state index contributed by atoms with van der Waals surface area (Å²) in [7, 11) is 0. The van der Waals surface area contributed by atoms with Crippen LogP contribution in [0.4, 0.5) is 5.82 Å². The summed E-state index contributed by atoms with van der Waals surface area (Å²) in [5.74, 6) is 1.61. The van der Waals surface area contributed by atoms with Gasteiger partial charge in [-0.2, -0.15) is 0 Å². The van der Waals surface area contributed by atoms with E-state index in [-0.39, 0.29) is 0 Å². The second-order valence-electron chi connectivity index (χ2n) is 5.29. The Kier molecular flexibility index (Phi) is 4.75. The van der Waals surface area contributed by atoms with Crippen LogP contribution in [0, 0.1) is 0 Å². The highest BCUT2D eigenvalue weighted by molar-refractivity contribution is 5.38. The minimum Gasteiger partial charge on any atom is -0.490 e. The fraction of sp³-hybridized carbons (Fsp3) is 0.467. The molecule has 2 aromatic heterocycles. The summed E-state index contributed by atoms with van der Waals surface area (Å²) in [4.78, 5) is 19.1. The van der Waals surface area contributed by atoms with Crippen molar-refractivity contribution in [2.24, 2.45) is 0 Å². The van der Waals surface area contributed by atoms with E-state index in [2.05, 4.69) is 32.1 Å². The van der Waals surface area contributed by atoms with E-state index in [1.807, 2.05) is 6.20 Å². The Labute approximate surface area is 129 Å². The lowest BCUT2D eigenvalue weighted by Crippen LogP contribution is -2.50. The zero-order valence-electron chi connectivity index (χ0n) is 12.6. The van der Waals surface area contributed by atoms with Crippen molar-refractivity contribution < 1.29 is 4.74 Å². The van der Waals surface area contributed by atoms with E-state index in [1.165, 1.54) is 6.33 Å². The Hall–Kier alpha value is -2.28. The lowest BCUT2D eigenvalue weighted by Gasteiger charge is -2.34. The number of ether oxygens (including phenoxy) is 1. The van der Waals surface area contributed by atoms with Crippen LogP contribution in [0.2, 0.25) is 0 Å². The Bertz CT molecular complexity index is 594. The molecule has 1 N–H and O–H groups in total. The number of rotatable bonds is 5. The molecular formula is C15H20N6O. The molecule has 7 heteroatoms. The van der Waals surface area contributed by atoms with E-state index in [0.717, 1.165) is 31.1 Å². The van der Waals surface area contributed by atoms with Crippen molar-refractivity contribution in [1.29, 1.82) is 0 Å². The number of piperazine rings is 1. The van der Waals surface area contributed by atoms with Crippen LogP contribution >= 0.6 is 0 Å². The molecule has 0 aromatic carbocycles. The molecule has 7 nitrogen and oxygen atoms in total. The Balaban J connectivity index is 1.59. The maximum Gasteiger partial charge on any atom is 0.155 e. The van der Waals surface area contributed by atoms with Gasteiger partial charge in [0.2, 0.25) is 0 Å². The molecule has 0 aliphatic carbocycles. The van der Waals surface area contributed by atoms with E-state index >= 15 is 0 Å². The zero-order valence-corrected chi connectivity index (χ0v) is 12.6. The highest BCUT2D eigenvalue weighted by Crippen LogP contribution is 2.15. The van der Waals surface area contributed by atoms with Crippen LogP contribution in [-0.2, 0) is 6.42 Å². The van der Waals surface area contributed by atoms with Crippen LogP contribution in [-0.4, -0.2) is 52.2 Å². The first kappa shape index (κ1) is 14.6. The summed E-state index contributed by atoms with van der Waals surface area (Å²) >= 11 is 0. The predicted molar refractivity (Wildman–Crippen MR) is 82.9 cm³/mol. The van der Waals surface area contributed by atoms with Crippen molar-refractivity contribution in [3.63, 3.8) is 0 Å². The first-order valence-corrected chi connectivity index (χ1v) is 7.49.